The molecule has 0 aliphatic rings. The number of carbonyl (C=O) groups is 2. The molecule has 2 rings (SSSR count). The van der Waals surface area contributed by atoms with E-state index in [0.717, 1.165) is 12.1 Å². The topological polar surface area (TPSA) is 61.9 Å². The van der Waals surface area contributed by atoms with Crippen molar-refractivity contribution in [2.45, 2.75) is 13.5 Å². The SMILES string of the molecule is CCN(CC(=O)Nc1cccc(OC)c1)Cc1cccc(C(=O)N(C)C)c1. The van der Waals surface area contributed by atoms with Crippen molar-refractivity contribution >= 4 is 17.5 Å². The first-order chi connectivity index (χ1) is 12.9. The Labute approximate surface area is 160 Å². The number of amides is 2. The van der Waals surface area contributed by atoms with E-state index in [1.54, 1.807) is 38.2 Å². The lowest BCUT2D eigenvalue weighted by Crippen LogP contribution is -2.32. The summed E-state index contributed by atoms with van der Waals surface area (Å²) in [4.78, 5) is 28.1. The Kier molecular flexibility index (Phi) is 7.37. The number of likely N-dealkylation sites (N-methyl/N-ethyl adjacent to an activating group) is 1. The summed E-state index contributed by atoms with van der Waals surface area (Å²) in [6.07, 6.45) is 0. The zero-order valence-electron chi connectivity index (χ0n) is 16.4. The van der Waals surface area contributed by atoms with Gasteiger partial charge < -0.3 is 15.0 Å². The summed E-state index contributed by atoms with van der Waals surface area (Å²) >= 11 is 0. The van der Waals surface area contributed by atoms with Gasteiger partial charge in [0.05, 0.1) is 13.7 Å². The molecule has 0 atom stereocenters. The molecule has 0 saturated heterocycles. The molecule has 0 bridgehead atoms. The highest BCUT2D eigenvalue weighted by Crippen LogP contribution is 2.17. The summed E-state index contributed by atoms with van der Waals surface area (Å²) in [5, 5.41) is 2.89. The number of hydrogen-bond donors (Lipinski definition) is 1. The van der Waals surface area contributed by atoms with Crippen LogP contribution in [0.15, 0.2) is 48.5 Å². The van der Waals surface area contributed by atoms with Crippen LogP contribution in [-0.4, -0.2) is 55.9 Å². The van der Waals surface area contributed by atoms with Crippen molar-refractivity contribution < 1.29 is 14.3 Å². The molecule has 2 aromatic carbocycles. The van der Waals surface area contributed by atoms with E-state index in [1.807, 2.05) is 48.2 Å². The van der Waals surface area contributed by atoms with Crippen LogP contribution in [-0.2, 0) is 11.3 Å². The molecule has 0 saturated carbocycles. The molecular weight excluding hydrogens is 342 g/mol. The first-order valence-electron chi connectivity index (χ1n) is 8.89. The number of carbonyl (C=O) groups excluding carboxylic acids is 2. The zero-order valence-corrected chi connectivity index (χ0v) is 16.4. The van der Waals surface area contributed by atoms with Gasteiger partial charge in [-0.1, -0.05) is 25.1 Å². The average Bonchev–Trinajstić information content (AvgIpc) is 2.67. The minimum absolute atomic E-state index is 0.0318. The lowest BCUT2D eigenvalue weighted by molar-refractivity contribution is -0.117. The summed E-state index contributed by atoms with van der Waals surface area (Å²) in [6, 6.07) is 14.8. The second-order valence-electron chi connectivity index (χ2n) is 6.48. The van der Waals surface area contributed by atoms with Gasteiger partial charge in [-0.15, -0.1) is 0 Å². The minimum atomic E-state index is -0.0920. The summed E-state index contributed by atoms with van der Waals surface area (Å²) in [5.41, 5.74) is 2.35. The molecule has 2 amide bonds. The van der Waals surface area contributed by atoms with Crippen molar-refractivity contribution in [2.75, 3.05) is 39.6 Å². The number of anilines is 1. The van der Waals surface area contributed by atoms with Crippen molar-refractivity contribution in [1.29, 1.82) is 0 Å². The molecular formula is C21H27N3O3. The molecule has 1 N–H and O–H groups in total. The van der Waals surface area contributed by atoms with Crippen LogP contribution in [0.5, 0.6) is 5.75 Å². The van der Waals surface area contributed by atoms with Gasteiger partial charge in [0.15, 0.2) is 0 Å². The third-order valence-electron chi connectivity index (χ3n) is 4.15. The Morgan fingerprint density at radius 2 is 1.81 bits per heavy atom. The quantitative estimate of drug-likeness (QED) is 0.777. The maximum atomic E-state index is 12.4. The molecule has 2 aromatic rings. The van der Waals surface area contributed by atoms with Crippen LogP contribution < -0.4 is 10.1 Å². The largest absolute Gasteiger partial charge is 0.497 e. The van der Waals surface area contributed by atoms with Crippen LogP contribution in [0.25, 0.3) is 0 Å². The number of nitrogens with one attached hydrogen (secondary N) is 1. The molecule has 0 fully saturated rings. The fraction of sp³-hybridized carbons (Fsp3) is 0.333. The van der Waals surface area contributed by atoms with Gasteiger partial charge in [0.1, 0.15) is 5.75 Å². The van der Waals surface area contributed by atoms with Crippen LogP contribution in [0, 0.1) is 0 Å². The van der Waals surface area contributed by atoms with E-state index in [-0.39, 0.29) is 18.4 Å². The molecule has 0 aliphatic carbocycles. The van der Waals surface area contributed by atoms with Crippen LogP contribution in [0.1, 0.15) is 22.8 Å². The third-order valence-corrected chi connectivity index (χ3v) is 4.15. The van der Waals surface area contributed by atoms with Crippen molar-refractivity contribution in [3.8, 4) is 5.75 Å². The van der Waals surface area contributed by atoms with E-state index >= 15 is 0 Å². The van der Waals surface area contributed by atoms with Crippen molar-refractivity contribution in [1.82, 2.24) is 9.80 Å². The summed E-state index contributed by atoms with van der Waals surface area (Å²) in [5.74, 6) is 0.573. The van der Waals surface area contributed by atoms with Gasteiger partial charge in [0.25, 0.3) is 5.91 Å². The molecule has 0 spiro atoms. The number of methoxy groups -OCH3 is 1. The van der Waals surface area contributed by atoms with E-state index < -0.39 is 0 Å². The third kappa shape index (κ3) is 6.11. The maximum Gasteiger partial charge on any atom is 0.253 e. The smallest absolute Gasteiger partial charge is 0.253 e. The van der Waals surface area contributed by atoms with Gasteiger partial charge >= 0.3 is 0 Å². The number of benzene rings is 2. The van der Waals surface area contributed by atoms with Crippen LogP contribution in [0.4, 0.5) is 5.69 Å². The highest BCUT2D eigenvalue weighted by Gasteiger charge is 2.13. The van der Waals surface area contributed by atoms with Gasteiger partial charge in [0.2, 0.25) is 5.91 Å². The van der Waals surface area contributed by atoms with E-state index in [1.165, 1.54) is 0 Å². The van der Waals surface area contributed by atoms with Crippen LogP contribution in [0.3, 0.4) is 0 Å². The monoisotopic (exact) mass is 369 g/mol. The highest BCUT2D eigenvalue weighted by molar-refractivity contribution is 5.94. The van der Waals surface area contributed by atoms with E-state index in [9.17, 15) is 9.59 Å². The summed E-state index contributed by atoms with van der Waals surface area (Å²) < 4.78 is 5.17. The maximum absolute atomic E-state index is 12.4. The lowest BCUT2D eigenvalue weighted by atomic mass is 10.1. The number of ether oxygens (including phenoxy) is 1. The predicted molar refractivity (Wildman–Crippen MR) is 107 cm³/mol. The van der Waals surface area contributed by atoms with E-state index in [2.05, 4.69) is 5.32 Å². The lowest BCUT2D eigenvalue weighted by Gasteiger charge is -2.20. The minimum Gasteiger partial charge on any atom is -0.497 e. The van der Waals surface area contributed by atoms with Gasteiger partial charge in [-0.2, -0.15) is 0 Å². The van der Waals surface area contributed by atoms with Gasteiger partial charge in [-0.05, 0) is 36.4 Å². The standard InChI is InChI=1S/C21H27N3O3/c1-5-24(14-16-8-6-9-17(12-16)21(26)23(2)3)15-20(25)22-18-10-7-11-19(13-18)27-4/h6-13H,5,14-15H2,1-4H3,(H,22,25). The van der Waals surface area contributed by atoms with Crippen LogP contribution in [0.2, 0.25) is 0 Å². The zero-order chi connectivity index (χ0) is 19.8. The van der Waals surface area contributed by atoms with Crippen molar-refractivity contribution in [3.63, 3.8) is 0 Å². The first kappa shape index (κ1) is 20.5. The summed E-state index contributed by atoms with van der Waals surface area (Å²) in [7, 11) is 5.06. The molecule has 144 valence electrons. The number of nitrogens with zero attached hydrogens (tertiary/aromatic N) is 2. The molecule has 0 heterocycles. The fourth-order valence-electron chi connectivity index (χ4n) is 2.70. The van der Waals surface area contributed by atoms with Crippen LogP contribution >= 0.6 is 0 Å². The van der Waals surface area contributed by atoms with E-state index in [4.69, 9.17) is 4.74 Å². The molecule has 0 aliphatic heterocycles. The average molecular weight is 369 g/mol. The molecule has 0 aromatic heterocycles. The van der Waals surface area contributed by atoms with Crippen molar-refractivity contribution in [2.24, 2.45) is 0 Å². The Bertz CT molecular complexity index is 790. The molecule has 6 heteroatoms. The first-order valence-corrected chi connectivity index (χ1v) is 8.89. The molecule has 0 unspecified atom stereocenters. The highest BCUT2D eigenvalue weighted by atomic mass is 16.5. The fourth-order valence-corrected chi connectivity index (χ4v) is 2.70. The second-order valence-corrected chi connectivity index (χ2v) is 6.48. The van der Waals surface area contributed by atoms with Crippen molar-refractivity contribution in [3.05, 3.63) is 59.7 Å². The van der Waals surface area contributed by atoms with Gasteiger partial charge in [0, 0.05) is 38.0 Å². The molecule has 0 radical (unpaired) electrons. The Morgan fingerprint density at radius 3 is 2.48 bits per heavy atom. The molecule has 27 heavy (non-hydrogen) atoms. The van der Waals surface area contributed by atoms with Gasteiger partial charge in [-0.25, -0.2) is 0 Å². The van der Waals surface area contributed by atoms with Gasteiger partial charge in [-0.3, -0.25) is 14.5 Å². The van der Waals surface area contributed by atoms with E-state index in [0.29, 0.717) is 23.5 Å². The number of rotatable bonds is 8. The Hall–Kier alpha value is -2.86. The Morgan fingerprint density at radius 1 is 1.07 bits per heavy atom. The normalized spacial score (nSPS) is 10.6. The predicted octanol–water partition coefficient (Wildman–Crippen LogP) is 2.86. The second kappa shape index (κ2) is 9.73. The molecule has 6 nitrogen and oxygen atoms in total. The number of hydrogen-bond acceptors (Lipinski definition) is 4. The Balaban J connectivity index is 1.99. The summed E-state index contributed by atoms with van der Waals surface area (Å²) in [6.45, 7) is 3.58.